The first-order chi connectivity index (χ1) is 19.4. The van der Waals surface area contributed by atoms with Crippen LogP contribution in [-0.4, -0.2) is 60.8 Å². The van der Waals surface area contributed by atoms with Crippen molar-refractivity contribution < 1.29 is 33.5 Å². The van der Waals surface area contributed by atoms with Gasteiger partial charge in [0, 0.05) is 38.5 Å². The molecule has 0 aliphatic rings. The molecule has 0 radical (unpaired) electrons. The molecule has 0 saturated carbocycles. The molecule has 0 spiro atoms. The largest absolute Gasteiger partial charge is 0.461 e. The Balaban J connectivity index is 2.81. The van der Waals surface area contributed by atoms with E-state index in [1.54, 1.807) is 45.0 Å². The highest BCUT2D eigenvalue weighted by molar-refractivity contribution is 5.98. The van der Waals surface area contributed by atoms with E-state index >= 15 is 0 Å². The van der Waals surface area contributed by atoms with Gasteiger partial charge in [0.1, 0.15) is 18.7 Å². The molecule has 0 aliphatic heterocycles. The standard InChI is InChI=1S/C28H44N6O7/c1-5-23(36)30-15-7-6-10-24(37)34-25(18(2)3)27(39)33-22(9-8-16-31-28(29)40)26(38)32-21-13-11-20(12-14-21)17-41-19(4)35/h11-14,18,22,25H,5-10,15-17H2,1-4H3,(H,30,36)(H,32,38)(H,33,39)(H,34,37)(H3,29,31,40)/t22-,25?/m1/s1. The number of urea groups is 1. The molecule has 0 saturated heterocycles. The van der Waals surface area contributed by atoms with Gasteiger partial charge in [-0.2, -0.15) is 0 Å². The second-order valence-electron chi connectivity index (χ2n) is 9.91. The van der Waals surface area contributed by atoms with Crippen molar-refractivity contribution in [1.29, 1.82) is 0 Å². The van der Waals surface area contributed by atoms with Crippen molar-refractivity contribution in [3.8, 4) is 0 Å². The van der Waals surface area contributed by atoms with Crippen molar-refractivity contribution in [1.82, 2.24) is 21.3 Å². The smallest absolute Gasteiger partial charge is 0.312 e. The van der Waals surface area contributed by atoms with Gasteiger partial charge in [-0.1, -0.05) is 32.9 Å². The number of esters is 1. The Bertz CT molecular complexity index is 1030. The van der Waals surface area contributed by atoms with Crippen LogP contribution in [0.3, 0.4) is 0 Å². The third-order valence-corrected chi connectivity index (χ3v) is 6.00. The molecule has 13 heteroatoms. The topological polar surface area (TPSA) is 198 Å². The van der Waals surface area contributed by atoms with E-state index in [4.69, 9.17) is 10.5 Å². The van der Waals surface area contributed by atoms with Crippen LogP contribution < -0.4 is 32.3 Å². The van der Waals surface area contributed by atoms with Gasteiger partial charge < -0.3 is 37.1 Å². The highest BCUT2D eigenvalue weighted by atomic mass is 16.5. The highest BCUT2D eigenvalue weighted by Crippen LogP contribution is 2.13. The molecule has 1 aromatic carbocycles. The summed E-state index contributed by atoms with van der Waals surface area (Å²) in [6.07, 6.45) is 2.31. The SMILES string of the molecule is CCC(=O)NCCCCC(=O)NC(C(=O)N[C@H](CCCNC(N)=O)C(=O)Nc1ccc(COC(C)=O)cc1)C(C)C. The third-order valence-electron chi connectivity index (χ3n) is 6.00. The first-order valence-electron chi connectivity index (χ1n) is 13.9. The molecule has 41 heavy (non-hydrogen) atoms. The van der Waals surface area contributed by atoms with E-state index in [9.17, 15) is 28.8 Å². The number of carbonyl (C=O) groups excluding carboxylic acids is 6. The summed E-state index contributed by atoms with van der Waals surface area (Å²) in [7, 11) is 0. The van der Waals surface area contributed by atoms with E-state index in [1.165, 1.54) is 6.92 Å². The Labute approximate surface area is 241 Å². The number of rotatable bonds is 18. The fourth-order valence-corrected chi connectivity index (χ4v) is 3.69. The molecule has 0 fully saturated rings. The number of nitrogens with two attached hydrogens (primary N) is 1. The van der Waals surface area contributed by atoms with Crippen LogP contribution in [0.2, 0.25) is 0 Å². The summed E-state index contributed by atoms with van der Waals surface area (Å²) in [5.41, 5.74) is 6.32. The summed E-state index contributed by atoms with van der Waals surface area (Å²) in [6.45, 7) is 7.44. The minimum Gasteiger partial charge on any atom is -0.461 e. The zero-order chi connectivity index (χ0) is 30.8. The average Bonchev–Trinajstić information content (AvgIpc) is 2.92. The van der Waals surface area contributed by atoms with Gasteiger partial charge in [-0.3, -0.25) is 24.0 Å². The van der Waals surface area contributed by atoms with Gasteiger partial charge in [-0.25, -0.2) is 4.79 Å². The normalized spacial score (nSPS) is 12.0. The second-order valence-corrected chi connectivity index (χ2v) is 9.91. The van der Waals surface area contributed by atoms with Gasteiger partial charge >= 0.3 is 12.0 Å². The summed E-state index contributed by atoms with van der Waals surface area (Å²) < 4.78 is 4.96. The summed E-state index contributed by atoms with van der Waals surface area (Å²) in [5.74, 6) is -2.00. The average molecular weight is 577 g/mol. The lowest BCUT2D eigenvalue weighted by atomic mass is 10.0. The summed E-state index contributed by atoms with van der Waals surface area (Å²) >= 11 is 0. The first kappa shape index (κ1) is 34.9. The molecule has 0 bridgehead atoms. The molecule has 0 aromatic heterocycles. The quantitative estimate of drug-likeness (QED) is 0.112. The Morgan fingerprint density at radius 2 is 1.51 bits per heavy atom. The van der Waals surface area contributed by atoms with Crippen LogP contribution in [0.4, 0.5) is 10.5 Å². The van der Waals surface area contributed by atoms with Crippen molar-refractivity contribution in [3.05, 3.63) is 29.8 Å². The molecule has 1 aromatic rings. The van der Waals surface area contributed by atoms with Crippen LogP contribution in [0.25, 0.3) is 0 Å². The van der Waals surface area contributed by atoms with E-state index < -0.39 is 35.9 Å². The maximum absolute atomic E-state index is 13.2. The Morgan fingerprint density at radius 3 is 2.10 bits per heavy atom. The number of benzene rings is 1. The minimum absolute atomic E-state index is 0.0497. The molecule has 1 unspecified atom stereocenters. The van der Waals surface area contributed by atoms with E-state index in [1.807, 2.05) is 0 Å². The number of unbranched alkanes of at least 4 members (excludes halogenated alkanes) is 1. The van der Waals surface area contributed by atoms with Gasteiger partial charge in [0.05, 0.1) is 0 Å². The Hall–Kier alpha value is -4.16. The van der Waals surface area contributed by atoms with Crippen LogP contribution in [-0.2, 0) is 35.3 Å². The van der Waals surface area contributed by atoms with Crippen molar-refractivity contribution >= 4 is 41.3 Å². The van der Waals surface area contributed by atoms with Crippen LogP contribution in [0.15, 0.2) is 24.3 Å². The van der Waals surface area contributed by atoms with Crippen LogP contribution >= 0.6 is 0 Å². The third kappa shape index (κ3) is 15.3. The van der Waals surface area contributed by atoms with Gasteiger partial charge in [0.25, 0.3) is 0 Å². The fourth-order valence-electron chi connectivity index (χ4n) is 3.69. The first-order valence-corrected chi connectivity index (χ1v) is 13.9. The van der Waals surface area contributed by atoms with Gasteiger partial charge in [-0.15, -0.1) is 0 Å². The predicted octanol–water partition coefficient (Wildman–Crippen LogP) is 1.46. The van der Waals surface area contributed by atoms with Gasteiger partial charge in [-0.05, 0) is 49.3 Å². The zero-order valence-electron chi connectivity index (χ0n) is 24.3. The summed E-state index contributed by atoms with van der Waals surface area (Å²) in [6, 6.07) is 4.17. The number of carbonyl (C=O) groups is 6. The lowest BCUT2D eigenvalue weighted by molar-refractivity contribution is -0.142. The molecule has 228 valence electrons. The van der Waals surface area contributed by atoms with Crippen molar-refractivity contribution in [2.45, 2.75) is 84.9 Å². The predicted molar refractivity (Wildman–Crippen MR) is 153 cm³/mol. The van der Waals surface area contributed by atoms with Crippen LogP contribution in [0.1, 0.15) is 71.8 Å². The van der Waals surface area contributed by atoms with Crippen molar-refractivity contribution in [2.24, 2.45) is 11.7 Å². The van der Waals surface area contributed by atoms with E-state index in [0.717, 1.165) is 5.56 Å². The minimum atomic E-state index is -0.960. The number of primary amides is 1. The lowest BCUT2D eigenvalue weighted by Crippen LogP contribution is -2.54. The molecule has 13 nitrogen and oxygen atoms in total. The molecule has 1 rings (SSSR count). The van der Waals surface area contributed by atoms with Crippen LogP contribution in [0, 0.1) is 5.92 Å². The summed E-state index contributed by atoms with van der Waals surface area (Å²) in [5, 5.41) is 13.5. The van der Waals surface area contributed by atoms with Crippen molar-refractivity contribution in [3.63, 3.8) is 0 Å². The van der Waals surface area contributed by atoms with Gasteiger partial charge in [0.2, 0.25) is 23.6 Å². The Morgan fingerprint density at radius 1 is 0.854 bits per heavy atom. The van der Waals surface area contributed by atoms with E-state index in [-0.39, 0.29) is 43.7 Å². The fraction of sp³-hybridized carbons (Fsp3) is 0.571. The molecule has 0 aliphatic carbocycles. The van der Waals surface area contributed by atoms with E-state index in [0.29, 0.717) is 37.9 Å². The number of hydrogen-bond donors (Lipinski definition) is 6. The number of anilines is 1. The molecule has 7 N–H and O–H groups in total. The maximum Gasteiger partial charge on any atom is 0.312 e. The molecular weight excluding hydrogens is 532 g/mol. The van der Waals surface area contributed by atoms with Crippen LogP contribution in [0.5, 0.6) is 0 Å². The van der Waals surface area contributed by atoms with Gasteiger partial charge in [0.15, 0.2) is 0 Å². The lowest BCUT2D eigenvalue weighted by Gasteiger charge is -2.25. The molecular formula is C28H44N6O7. The number of nitrogens with one attached hydrogen (secondary N) is 5. The molecule has 6 amide bonds. The number of hydrogen-bond acceptors (Lipinski definition) is 7. The Kier molecular flexibility index (Phi) is 16.2. The monoisotopic (exact) mass is 576 g/mol. The highest BCUT2D eigenvalue weighted by Gasteiger charge is 2.28. The number of amides is 6. The molecule has 0 heterocycles. The molecule has 2 atom stereocenters. The van der Waals surface area contributed by atoms with Crippen molar-refractivity contribution in [2.75, 3.05) is 18.4 Å². The summed E-state index contributed by atoms with van der Waals surface area (Å²) in [4.78, 5) is 72.2. The number of ether oxygens (including phenoxy) is 1. The maximum atomic E-state index is 13.2. The second kappa shape index (κ2) is 19.0. The zero-order valence-corrected chi connectivity index (χ0v) is 24.3. The van der Waals surface area contributed by atoms with E-state index in [2.05, 4.69) is 26.6 Å².